The van der Waals surface area contributed by atoms with E-state index in [-0.39, 0.29) is 0 Å². The summed E-state index contributed by atoms with van der Waals surface area (Å²) in [5.74, 6) is -0.910. The third-order valence-electron chi connectivity index (χ3n) is 4.28. The van der Waals surface area contributed by atoms with Crippen LogP contribution in [0, 0.1) is 6.92 Å². The molecule has 1 aliphatic rings. The molecule has 0 atom stereocenters. The maximum Gasteiger partial charge on any atom is 0.335 e. The summed E-state index contributed by atoms with van der Waals surface area (Å²) in [5, 5.41) is 8.97. The first-order valence-corrected chi connectivity index (χ1v) is 7.69. The summed E-state index contributed by atoms with van der Waals surface area (Å²) >= 11 is 0. The monoisotopic (exact) mass is 296 g/mol. The molecule has 2 aromatic rings. The number of rotatable bonds is 4. The summed E-state index contributed by atoms with van der Waals surface area (Å²) in [7, 11) is 0. The predicted molar refractivity (Wildman–Crippen MR) is 87.3 cm³/mol. The Balaban J connectivity index is 1.75. The molecule has 0 unspecified atom stereocenters. The van der Waals surface area contributed by atoms with Crippen molar-refractivity contribution in [3.05, 3.63) is 53.3 Å². The minimum atomic E-state index is -0.910. The van der Waals surface area contributed by atoms with E-state index in [1.807, 2.05) is 13.1 Å². The van der Waals surface area contributed by atoms with E-state index >= 15 is 0 Å². The number of aromatic carboxylic acids is 1. The smallest absolute Gasteiger partial charge is 0.335 e. The van der Waals surface area contributed by atoms with Crippen molar-refractivity contribution < 1.29 is 9.90 Å². The second-order valence-corrected chi connectivity index (χ2v) is 5.89. The highest BCUT2D eigenvalue weighted by Crippen LogP contribution is 2.29. The van der Waals surface area contributed by atoms with Gasteiger partial charge in [0.25, 0.3) is 0 Å². The summed E-state index contributed by atoms with van der Waals surface area (Å²) in [4.78, 5) is 15.4. The first-order valence-electron chi connectivity index (χ1n) is 7.69. The maximum atomic E-state index is 10.9. The minimum absolute atomic E-state index is 0.295. The lowest BCUT2D eigenvalue weighted by Crippen LogP contribution is -2.00. The van der Waals surface area contributed by atoms with Crippen LogP contribution in [0.25, 0.3) is 0 Å². The number of carboxylic acids is 1. The van der Waals surface area contributed by atoms with Crippen LogP contribution in [0.15, 0.2) is 41.7 Å². The van der Waals surface area contributed by atoms with E-state index in [0.717, 1.165) is 16.8 Å². The number of carbonyl (C=O) groups is 1. The van der Waals surface area contributed by atoms with Crippen LogP contribution in [-0.4, -0.2) is 21.9 Å². The van der Waals surface area contributed by atoms with Crippen LogP contribution >= 0.6 is 0 Å². The van der Waals surface area contributed by atoms with Gasteiger partial charge < -0.3 is 9.67 Å². The van der Waals surface area contributed by atoms with E-state index in [1.165, 1.54) is 25.7 Å². The molecule has 1 aromatic heterocycles. The fourth-order valence-corrected chi connectivity index (χ4v) is 3.01. The van der Waals surface area contributed by atoms with Crippen LogP contribution in [0.5, 0.6) is 0 Å². The molecular formula is C18H20N2O2. The highest BCUT2D eigenvalue weighted by molar-refractivity contribution is 5.89. The molecule has 1 saturated carbocycles. The Kier molecular flexibility index (Phi) is 4.09. The SMILES string of the molecule is Cc1cc(C(=O)O)ccc1N=Cc1ccn(C2CCCC2)c1. The zero-order chi connectivity index (χ0) is 15.5. The molecular weight excluding hydrogens is 276 g/mol. The van der Waals surface area contributed by atoms with Gasteiger partial charge in [0.15, 0.2) is 0 Å². The molecule has 114 valence electrons. The van der Waals surface area contributed by atoms with Crippen LogP contribution in [0.2, 0.25) is 0 Å². The summed E-state index contributed by atoms with van der Waals surface area (Å²) in [5.41, 5.74) is 3.04. The van der Waals surface area contributed by atoms with E-state index in [2.05, 4.69) is 28.0 Å². The van der Waals surface area contributed by atoms with Crippen LogP contribution in [0.3, 0.4) is 0 Å². The van der Waals surface area contributed by atoms with Crippen LogP contribution < -0.4 is 0 Å². The Morgan fingerprint density at radius 1 is 1.32 bits per heavy atom. The summed E-state index contributed by atoms with van der Waals surface area (Å²) in [6.45, 7) is 1.88. The normalized spacial score (nSPS) is 15.7. The zero-order valence-electron chi connectivity index (χ0n) is 12.7. The van der Waals surface area contributed by atoms with Crippen molar-refractivity contribution in [3.63, 3.8) is 0 Å². The number of aryl methyl sites for hydroxylation is 1. The van der Waals surface area contributed by atoms with Crippen molar-refractivity contribution >= 4 is 17.9 Å². The van der Waals surface area contributed by atoms with Crippen molar-refractivity contribution in [1.29, 1.82) is 0 Å². The van der Waals surface area contributed by atoms with Gasteiger partial charge in [0, 0.05) is 30.2 Å². The van der Waals surface area contributed by atoms with E-state index in [1.54, 1.807) is 18.2 Å². The molecule has 22 heavy (non-hydrogen) atoms. The van der Waals surface area contributed by atoms with Gasteiger partial charge in [-0.05, 0) is 49.6 Å². The number of hydrogen-bond donors (Lipinski definition) is 1. The highest BCUT2D eigenvalue weighted by atomic mass is 16.4. The van der Waals surface area contributed by atoms with Crippen molar-refractivity contribution in [3.8, 4) is 0 Å². The molecule has 1 fully saturated rings. The molecule has 0 amide bonds. The first kappa shape index (κ1) is 14.6. The maximum absolute atomic E-state index is 10.9. The van der Waals surface area contributed by atoms with Gasteiger partial charge in [-0.2, -0.15) is 0 Å². The highest BCUT2D eigenvalue weighted by Gasteiger charge is 2.15. The largest absolute Gasteiger partial charge is 0.478 e. The van der Waals surface area contributed by atoms with Crippen molar-refractivity contribution in [2.45, 2.75) is 38.6 Å². The van der Waals surface area contributed by atoms with Crippen molar-refractivity contribution in [2.75, 3.05) is 0 Å². The summed E-state index contributed by atoms with van der Waals surface area (Å²) in [6.07, 6.45) is 11.3. The fraction of sp³-hybridized carbons (Fsp3) is 0.333. The van der Waals surface area contributed by atoms with Gasteiger partial charge in [-0.1, -0.05) is 12.8 Å². The van der Waals surface area contributed by atoms with Crippen molar-refractivity contribution in [1.82, 2.24) is 4.57 Å². The Morgan fingerprint density at radius 3 is 2.77 bits per heavy atom. The second-order valence-electron chi connectivity index (χ2n) is 5.89. The number of benzene rings is 1. The summed E-state index contributed by atoms with van der Waals surface area (Å²) < 4.78 is 2.29. The molecule has 0 aliphatic heterocycles. The molecule has 1 aliphatic carbocycles. The van der Waals surface area contributed by atoms with Crippen molar-refractivity contribution in [2.24, 2.45) is 4.99 Å². The van der Waals surface area contributed by atoms with Crippen LogP contribution in [-0.2, 0) is 0 Å². The van der Waals surface area contributed by atoms with Gasteiger partial charge >= 0.3 is 5.97 Å². The lowest BCUT2D eigenvalue weighted by atomic mass is 10.1. The Bertz CT molecular complexity index is 710. The number of nitrogens with zero attached hydrogens (tertiary/aromatic N) is 2. The van der Waals surface area contributed by atoms with Crippen LogP contribution in [0.4, 0.5) is 5.69 Å². The number of hydrogen-bond acceptors (Lipinski definition) is 2. The number of aliphatic imine (C=N–C) groups is 1. The molecule has 3 rings (SSSR count). The summed E-state index contributed by atoms with van der Waals surface area (Å²) in [6, 6.07) is 7.70. The predicted octanol–water partition coefficient (Wildman–Crippen LogP) is 4.36. The average Bonchev–Trinajstić information content (AvgIpc) is 3.16. The van der Waals surface area contributed by atoms with Gasteiger partial charge in [0.05, 0.1) is 11.3 Å². The minimum Gasteiger partial charge on any atom is -0.478 e. The molecule has 4 nitrogen and oxygen atoms in total. The first-order chi connectivity index (χ1) is 10.6. The molecule has 4 heteroatoms. The molecule has 1 N–H and O–H groups in total. The molecule has 1 aromatic carbocycles. The number of carboxylic acid groups (broad SMARTS) is 1. The Hall–Kier alpha value is -2.36. The zero-order valence-corrected chi connectivity index (χ0v) is 12.7. The van der Waals surface area contributed by atoms with Crippen LogP contribution in [0.1, 0.15) is 53.2 Å². The molecule has 0 spiro atoms. The second kappa shape index (κ2) is 6.18. The number of aromatic nitrogens is 1. The van der Waals surface area contributed by atoms with E-state index in [9.17, 15) is 4.79 Å². The molecule has 1 heterocycles. The fourth-order valence-electron chi connectivity index (χ4n) is 3.01. The molecule has 0 radical (unpaired) electrons. The van der Waals surface area contributed by atoms with Gasteiger partial charge in [-0.15, -0.1) is 0 Å². The van der Waals surface area contributed by atoms with E-state index in [0.29, 0.717) is 11.6 Å². The quantitative estimate of drug-likeness (QED) is 0.852. The van der Waals surface area contributed by atoms with E-state index in [4.69, 9.17) is 5.11 Å². The Labute approximate surface area is 130 Å². The average molecular weight is 296 g/mol. The third-order valence-corrected chi connectivity index (χ3v) is 4.28. The third kappa shape index (κ3) is 3.11. The van der Waals surface area contributed by atoms with Gasteiger partial charge in [0.2, 0.25) is 0 Å². The molecule has 0 saturated heterocycles. The lowest BCUT2D eigenvalue weighted by molar-refractivity contribution is 0.0697. The van der Waals surface area contributed by atoms with E-state index < -0.39 is 5.97 Å². The van der Waals surface area contributed by atoms with Gasteiger partial charge in [-0.25, -0.2) is 4.79 Å². The van der Waals surface area contributed by atoms with Gasteiger partial charge in [-0.3, -0.25) is 4.99 Å². The lowest BCUT2D eigenvalue weighted by Gasteiger charge is -2.10. The topological polar surface area (TPSA) is 54.6 Å². The van der Waals surface area contributed by atoms with Gasteiger partial charge in [0.1, 0.15) is 0 Å². The Morgan fingerprint density at radius 2 is 2.09 bits per heavy atom. The molecule has 0 bridgehead atoms. The standard InChI is InChI=1S/C18H20N2O2/c1-13-10-15(18(21)22)6-7-17(13)19-11-14-8-9-20(12-14)16-4-2-3-5-16/h6-12,16H,2-5H2,1H3,(H,21,22).